The summed E-state index contributed by atoms with van der Waals surface area (Å²) in [4.78, 5) is 35.4. The Balaban J connectivity index is 1.83. The predicted octanol–water partition coefficient (Wildman–Crippen LogP) is 2.38. The highest BCUT2D eigenvalue weighted by molar-refractivity contribution is 6.35. The first kappa shape index (κ1) is 22.6. The second-order valence-corrected chi connectivity index (χ2v) is 6.76. The third kappa shape index (κ3) is 7.75. The van der Waals surface area contributed by atoms with Crippen molar-refractivity contribution in [1.82, 2.24) is 10.7 Å². The minimum absolute atomic E-state index is 0.0934. The fraction of sp³-hybridized carbons (Fsp3) is 0.273. The first-order chi connectivity index (χ1) is 14.4. The zero-order valence-corrected chi connectivity index (χ0v) is 17.3. The Kier molecular flexibility index (Phi) is 8.56. The number of amides is 3. The molecule has 0 saturated carbocycles. The number of rotatable bonds is 8. The molecule has 2 aromatic rings. The number of carbonyl (C=O) groups is 3. The van der Waals surface area contributed by atoms with Crippen molar-refractivity contribution in [3.05, 3.63) is 59.7 Å². The van der Waals surface area contributed by atoms with Crippen LogP contribution in [-0.2, 0) is 14.4 Å². The monoisotopic (exact) mass is 410 g/mol. The lowest BCUT2D eigenvalue weighted by Crippen LogP contribution is -2.41. The second-order valence-electron chi connectivity index (χ2n) is 6.76. The van der Waals surface area contributed by atoms with Crippen molar-refractivity contribution >= 4 is 29.6 Å². The maximum atomic E-state index is 12.0. The van der Waals surface area contributed by atoms with Crippen molar-refractivity contribution in [2.75, 3.05) is 11.9 Å². The number of nitrogens with zero attached hydrogens (tertiary/aromatic N) is 1. The normalized spacial score (nSPS) is 11.6. The molecule has 0 spiro atoms. The van der Waals surface area contributed by atoms with Gasteiger partial charge >= 0.3 is 11.8 Å². The van der Waals surface area contributed by atoms with E-state index >= 15 is 0 Å². The van der Waals surface area contributed by atoms with E-state index in [9.17, 15) is 14.4 Å². The van der Waals surface area contributed by atoms with Crippen LogP contribution in [-0.4, -0.2) is 36.6 Å². The summed E-state index contributed by atoms with van der Waals surface area (Å²) < 4.78 is 5.51. The molecule has 3 N–H and O–H groups in total. The topological polar surface area (TPSA) is 109 Å². The summed E-state index contributed by atoms with van der Waals surface area (Å²) in [6.45, 7) is 5.50. The van der Waals surface area contributed by atoms with Crippen LogP contribution in [0.5, 0.6) is 5.75 Å². The Morgan fingerprint density at radius 2 is 1.87 bits per heavy atom. The lowest BCUT2D eigenvalue weighted by Gasteiger charge is -2.09. The summed E-state index contributed by atoms with van der Waals surface area (Å²) in [7, 11) is 0. The summed E-state index contributed by atoms with van der Waals surface area (Å²) in [6, 6.07) is 14.2. The molecule has 3 amide bonds. The molecule has 0 bridgehead atoms. The number of benzene rings is 2. The van der Waals surface area contributed by atoms with Gasteiger partial charge in [-0.1, -0.05) is 31.2 Å². The van der Waals surface area contributed by atoms with Gasteiger partial charge in [0.15, 0.2) is 6.61 Å². The van der Waals surface area contributed by atoms with Gasteiger partial charge in [-0.2, -0.15) is 5.10 Å². The zero-order valence-electron chi connectivity index (χ0n) is 17.3. The average Bonchev–Trinajstić information content (AvgIpc) is 2.72. The average molecular weight is 410 g/mol. The number of hydrogen-bond donors (Lipinski definition) is 3. The highest BCUT2D eigenvalue weighted by atomic mass is 16.5. The molecule has 2 aromatic carbocycles. The highest BCUT2D eigenvalue weighted by Crippen LogP contribution is 2.13. The van der Waals surface area contributed by atoms with Crippen LogP contribution < -0.4 is 20.8 Å². The lowest BCUT2D eigenvalue weighted by molar-refractivity contribution is -0.139. The molecule has 8 nitrogen and oxygen atoms in total. The largest absolute Gasteiger partial charge is 0.484 e. The minimum Gasteiger partial charge on any atom is -0.484 e. The van der Waals surface area contributed by atoms with Gasteiger partial charge in [0.05, 0.1) is 6.21 Å². The number of hydrazone groups is 1. The number of aryl methyl sites for hydroxylation is 1. The van der Waals surface area contributed by atoms with Crippen LogP contribution >= 0.6 is 0 Å². The van der Waals surface area contributed by atoms with Gasteiger partial charge in [0.2, 0.25) is 0 Å². The smallest absolute Gasteiger partial charge is 0.329 e. The Morgan fingerprint density at radius 3 is 2.60 bits per heavy atom. The summed E-state index contributed by atoms with van der Waals surface area (Å²) >= 11 is 0. The molecule has 0 fully saturated rings. The van der Waals surface area contributed by atoms with Crippen molar-refractivity contribution in [1.29, 1.82) is 0 Å². The highest BCUT2D eigenvalue weighted by Gasteiger charge is 2.14. The molecule has 0 radical (unpaired) electrons. The molecule has 0 aromatic heterocycles. The van der Waals surface area contributed by atoms with Gasteiger partial charge in [0.25, 0.3) is 5.91 Å². The maximum Gasteiger partial charge on any atom is 0.329 e. The molecule has 0 unspecified atom stereocenters. The van der Waals surface area contributed by atoms with Gasteiger partial charge in [-0.25, -0.2) is 5.43 Å². The van der Waals surface area contributed by atoms with Crippen LogP contribution in [0.25, 0.3) is 0 Å². The Bertz CT molecular complexity index is 927. The minimum atomic E-state index is -0.841. The van der Waals surface area contributed by atoms with Crippen LogP contribution in [0.3, 0.4) is 0 Å². The second kappa shape index (κ2) is 11.4. The molecule has 30 heavy (non-hydrogen) atoms. The van der Waals surface area contributed by atoms with Crippen LogP contribution in [0.15, 0.2) is 53.6 Å². The van der Waals surface area contributed by atoms with E-state index in [0.717, 1.165) is 12.0 Å². The quantitative estimate of drug-likeness (QED) is 0.353. The van der Waals surface area contributed by atoms with E-state index in [2.05, 4.69) is 21.2 Å². The number of ether oxygens (including phenoxy) is 1. The van der Waals surface area contributed by atoms with Gasteiger partial charge in [0.1, 0.15) is 5.75 Å². The van der Waals surface area contributed by atoms with E-state index in [4.69, 9.17) is 4.74 Å². The number of hydrogen-bond acceptors (Lipinski definition) is 5. The fourth-order valence-corrected chi connectivity index (χ4v) is 2.36. The van der Waals surface area contributed by atoms with Crippen molar-refractivity contribution in [2.45, 2.75) is 33.2 Å². The van der Waals surface area contributed by atoms with E-state index in [0.29, 0.717) is 17.0 Å². The SMILES string of the molecule is CC[C@H](C)NC(=O)C(=O)N/N=C\c1cccc(OCC(=O)Nc2cccc(C)c2)c1. The van der Waals surface area contributed by atoms with Crippen molar-refractivity contribution < 1.29 is 19.1 Å². The van der Waals surface area contributed by atoms with E-state index < -0.39 is 11.8 Å². The standard InChI is InChI=1S/C22H26N4O4/c1-4-16(3)24-21(28)22(29)26-23-13-17-8-6-10-19(12-17)30-14-20(27)25-18-9-5-7-15(2)11-18/h5-13,16H,4,14H2,1-3H3,(H,24,28)(H,25,27)(H,26,29)/b23-13-/t16-/m0/s1. The zero-order chi connectivity index (χ0) is 21.9. The van der Waals surface area contributed by atoms with Gasteiger partial charge in [-0.3, -0.25) is 14.4 Å². The molecule has 2 rings (SSSR count). The van der Waals surface area contributed by atoms with E-state index in [1.165, 1.54) is 6.21 Å². The molecule has 0 aliphatic heterocycles. The third-order valence-corrected chi connectivity index (χ3v) is 4.11. The van der Waals surface area contributed by atoms with Crippen LogP contribution in [0.4, 0.5) is 5.69 Å². The van der Waals surface area contributed by atoms with Crippen LogP contribution in [0.2, 0.25) is 0 Å². The molecule has 158 valence electrons. The molecule has 0 saturated heterocycles. The Labute approximate surface area is 175 Å². The van der Waals surface area contributed by atoms with Crippen molar-refractivity contribution in [3.8, 4) is 5.75 Å². The number of carbonyl (C=O) groups excluding carboxylic acids is 3. The first-order valence-corrected chi connectivity index (χ1v) is 9.60. The molecular formula is C22H26N4O4. The summed E-state index contributed by atoms with van der Waals surface area (Å²) in [5.74, 6) is -1.39. The molecule has 0 heterocycles. The Hall–Kier alpha value is -3.68. The van der Waals surface area contributed by atoms with Crippen molar-refractivity contribution in [2.24, 2.45) is 5.10 Å². The van der Waals surface area contributed by atoms with E-state index in [-0.39, 0.29) is 18.6 Å². The van der Waals surface area contributed by atoms with Gasteiger partial charge < -0.3 is 15.4 Å². The van der Waals surface area contributed by atoms with E-state index in [1.807, 2.05) is 32.0 Å². The summed E-state index contributed by atoms with van der Waals surface area (Å²) in [5.41, 5.74) is 4.56. The summed E-state index contributed by atoms with van der Waals surface area (Å²) in [6.07, 6.45) is 2.10. The van der Waals surface area contributed by atoms with Crippen LogP contribution in [0, 0.1) is 6.92 Å². The van der Waals surface area contributed by atoms with Gasteiger partial charge in [0, 0.05) is 11.7 Å². The molecule has 0 aliphatic carbocycles. The van der Waals surface area contributed by atoms with Crippen molar-refractivity contribution in [3.63, 3.8) is 0 Å². The Morgan fingerprint density at radius 1 is 1.10 bits per heavy atom. The van der Waals surface area contributed by atoms with Gasteiger partial charge in [-0.05, 0) is 55.7 Å². The molecular weight excluding hydrogens is 384 g/mol. The predicted molar refractivity (Wildman–Crippen MR) is 115 cm³/mol. The number of nitrogens with one attached hydrogen (secondary N) is 3. The van der Waals surface area contributed by atoms with Crippen LogP contribution in [0.1, 0.15) is 31.4 Å². The first-order valence-electron chi connectivity index (χ1n) is 9.60. The molecule has 8 heteroatoms. The lowest BCUT2D eigenvalue weighted by atomic mass is 10.2. The third-order valence-electron chi connectivity index (χ3n) is 4.11. The molecule has 1 atom stereocenters. The fourth-order valence-electron chi connectivity index (χ4n) is 2.36. The maximum absolute atomic E-state index is 12.0. The summed E-state index contributed by atoms with van der Waals surface area (Å²) in [5, 5.41) is 9.09. The number of anilines is 1. The molecule has 0 aliphatic rings. The van der Waals surface area contributed by atoms with E-state index in [1.54, 1.807) is 37.3 Å². The van der Waals surface area contributed by atoms with Gasteiger partial charge in [-0.15, -0.1) is 0 Å².